The molecule has 0 radical (unpaired) electrons. The summed E-state index contributed by atoms with van der Waals surface area (Å²) in [7, 11) is 0. The molecule has 0 saturated carbocycles. The predicted octanol–water partition coefficient (Wildman–Crippen LogP) is 3.11. The third-order valence-electron chi connectivity index (χ3n) is 6.82. The molecule has 2 unspecified atom stereocenters. The SMILES string of the molecule is O=C1c2cccc(OCC3CCCN3c3ncnc4nc[nH]c34)c2CCC1Cc1cnc[nH]1. The van der Waals surface area contributed by atoms with Gasteiger partial charge in [-0.1, -0.05) is 12.1 Å². The number of carbonyl (C=O) groups excluding carboxylic acids is 1. The molecule has 0 bridgehead atoms. The standard InChI is InChI=1S/C24H25N7O2/c32-22-15(9-16-10-25-12-26-16)6-7-18-19(22)4-1-5-20(18)33-11-17-3-2-8-31(17)24-21-23(28-13-27-21)29-14-30-24/h1,4-5,10,12-15,17H,2-3,6-9,11H2,(H,25,26)(H,27,28,29,30). The Kier molecular flexibility index (Phi) is 5.01. The highest BCUT2D eigenvalue weighted by molar-refractivity contribution is 6.01. The van der Waals surface area contributed by atoms with Crippen molar-refractivity contribution in [2.24, 2.45) is 5.92 Å². The van der Waals surface area contributed by atoms with Gasteiger partial charge in [-0.05, 0) is 38.2 Å². The molecule has 2 N–H and O–H groups in total. The number of ketones is 1. The van der Waals surface area contributed by atoms with E-state index in [9.17, 15) is 4.79 Å². The predicted molar refractivity (Wildman–Crippen MR) is 122 cm³/mol. The van der Waals surface area contributed by atoms with Gasteiger partial charge in [0.15, 0.2) is 17.2 Å². The van der Waals surface area contributed by atoms with Crippen LogP contribution in [-0.4, -0.2) is 54.9 Å². The Morgan fingerprint density at radius 3 is 3.00 bits per heavy atom. The van der Waals surface area contributed by atoms with Crippen LogP contribution in [0.25, 0.3) is 11.2 Å². The summed E-state index contributed by atoms with van der Waals surface area (Å²) in [5, 5.41) is 0. The second-order valence-corrected chi connectivity index (χ2v) is 8.76. The minimum Gasteiger partial charge on any atom is -0.491 e. The van der Waals surface area contributed by atoms with Crippen molar-refractivity contribution >= 4 is 22.8 Å². The van der Waals surface area contributed by atoms with Gasteiger partial charge in [0.25, 0.3) is 0 Å². The van der Waals surface area contributed by atoms with E-state index >= 15 is 0 Å². The molecule has 6 rings (SSSR count). The molecule has 1 aromatic carbocycles. The number of nitrogens with zero attached hydrogens (tertiary/aromatic N) is 5. The summed E-state index contributed by atoms with van der Waals surface area (Å²) < 4.78 is 6.34. The number of hydrogen-bond acceptors (Lipinski definition) is 7. The van der Waals surface area contributed by atoms with Gasteiger partial charge in [0.1, 0.15) is 24.2 Å². The molecule has 4 heterocycles. The van der Waals surface area contributed by atoms with E-state index in [0.717, 1.165) is 66.1 Å². The summed E-state index contributed by atoms with van der Waals surface area (Å²) >= 11 is 0. The molecule has 0 amide bonds. The van der Waals surface area contributed by atoms with E-state index in [1.807, 2.05) is 18.2 Å². The molecule has 1 fully saturated rings. The fourth-order valence-corrected chi connectivity index (χ4v) is 5.16. The molecule has 4 aromatic rings. The monoisotopic (exact) mass is 443 g/mol. The summed E-state index contributed by atoms with van der Waals surface area (Å²) in [6, 6.07) is 6.05. The van der Waals surface area contributed by atoms with Crippen LogP contribution in [0.4, 0.5) is 5.82 Å². The maximum Gasteiger partial charge on any atom is 0.182 e. The molecule has 33 heavy (non-hydrogen) atoms. The van der Waals surface area contributed by atoms with Crippen LogP contribution in [0.3, 0.4) is 0 Å². The van der Waals surface area contributed by atoms with Crippen molar-refractivity contribution in [2.75, 3.05) is 18.1 Å². The van der Waals surface area contributed by atoms with Gasteiger partial charge in [-0.2, -0.15) is 0 Å². The van der Waals surface area contributed by atoms with E-state index in [0.29, 0.717) is 18.7 Å². The largest absolute Gasteiger partial charge is 0.491 e. The van der Waals surface area contributed by atoms with Gasteiger partial charge in [-0.15, -0.1) is 0 Å². The number of hydrogen-bond donors (Lipinski definition) is 2. The van der Waals surface area contributed by atoms with E-state index < -0.39 is 0 Å². The van der Waals surface area contributed by atoms with Crippen molar-refractivity contribution in [3.05, 3.63) is 60.2 Å². The van der Waals surface area contributed by atoms with Crippen LogP contribution in [0.15, 0.2) is 43.4 Å². The highest BCUT2D eigenvalue weighted by atomic mass is 16.5. The number of Topliss-reactive ketones (excluding diaryl/α,β-unsaturated/α-hetero) is 1. The highest BCUT2D eigenvalue weighted by Gasteiger charge is 2.31. The van der Waals surface area contributed by atoms with Crippen LogP contribution in [0.2, 0.25) is 0 Å². The number of nitrogens with one attached hydrogen (secondary N) is 2. The van der Waals surface area contributed by atoms with Crippen LogP contribution in [0.5, 0.6) is 5.75 Å². The molecule has 0 spiro atoms. The number of H-pyrrole nitrogens is 2. The quantitative estimate of drug-likeness (QED) is 0.471. The zero-order valence-corrected chi connectivity index (χ0v) is 18.2. The minimum atomic E-state index is -0.0203. The van der Waals surface area contributed by atoms with Gasteiger partial charge in [-0.3, -0.25) is 4.79 Å². The second-order valence-electron chi connectivity index (χ2n) is 8.76. The fraction of sp³-hybridized carbons (Fsp3) is 0.375. The second kappa shape index (κ2) is 8.31. The molecule has 9 heteroatoms. The van der Waals surface area contributed by atoms with Crippen molar-refractivity contribution < 1.29 is 9.53 Å². The average molecular weight is 444 g/mol. The first-order valence-electron chi connectivity index (χ1n) is 11.4. The number of imidazole rings is 2. The summed E-state index contributed by atoms with van der Waals surface area (Å²) in [6.07, 6.45) is 11.1. The lowest BCUT2D eigenvalue weighted by molar-refractivity contribution is 0.0899. The third-order valence-corrected chi connectivity index (χ3v) is 6.82. The number of aromatic nitrogens is 6. The average Bonchev–Trinajstić information content (AvgIpc) is 3.61. The van der Waals surface area contributed by atoms with Crippen LogP contribution in [0.1, 0.15) is 40.9 Å². The van der Waals surface area contributed by atoms with Crippen LogP contribution < -0.4 is 9.64 Å². The number of ether oxygens (including phenoxy) is 1. The van der Waals surface area contributed by atoms with Crippen molar-refractivity contribution in [3.8, 4) is 5.75 Å². The van der Waals surface area contributed by atoms with E-state index in [-0.39, 0.29) is 17.7 Å². The molecule has 1 saturated heterocycles. The molecule has 168 valence electrons. The summed E-state index contributed by atoms with van der Waals surface area (Å²) in [4.78, 5) is 38.8. The summed E-state index contributed by atoms with van der Waals surface area (Å²) in [5.41, 5.74) is 4.36. The molecule has 9 nitrogen and oxygen atoms in total. The fourth-order valence-electron chi connectivity index (χ4n) is 5.16. The Hall–Kier alpha value is -3.75. The van der Waals surface area contributed by atoms with Gasteiger partial charge >= 0.3 is 0 Å². The Morgan fingerprint density at radius 1 is 1.12 bits per heavy atom. The molecule has 2 aliphatic rings. The Morgan fingerprint density at radius 2 is 2.09 bits per heavy atom. The first-order valence-corrected chi connectivity index (χ1v) is 11.4. The lowest BCUT2D eigenvalue weighted by atomic mass is 9.80. The highest BCUT2D eigenvalue weighted by Crippen LogP contribution is 2.34. The summed E-state index contributed by atoms with van der Waals surface area (Å²) in [5.74, 6) is 1.87. The van der Waals surface area contributed by atoms with Crippen molar-refractivity contribution in [1.82, 2.24) is 29.9 Å². The Labute approximate surface area is 190 Å². The molecule has 1 aliphatic carbocycles. The van der Waals surface area contributed by atoms with Gasteiger partial charge < -0.3 is 19.6 Å². The Bertz CT molecular complexity index is 1280. The van der Waals surface area contributed by atoms with Crippen molar-refractivity contribution in [1.29, 1.82) is 0 Å². The summed E-state index contributed by atoms with van der Waals surface area (Å²) in [6.45, 7) is 1.46. The topological polar surface area (TPSA) is 113 Å². The number of benzene rings is 1. The minimum absolute atomic E-state index is 0.0203. The first-order chi connectivity index (χ1) is 16.3. The van der Waals surface area contributed by atoms with Crippen molar-refractivity contribution in [3.63, 3.8) is 0 Å². The zero-order valence-electron chi connectivity index (χ0n) is 18.2. The smallest absolute Gasteiger partial charge is 0.182 e. The van der Waals surface area contributed by atoms with Gasteiger partial charge in [0.2, 0.25) is 0 Å². The van der Waals surface area contributed by atoms with Crippen LogP contribution in [-0.2, 0) is 12.8 Å². The van der Waals surface area contributed by atoms with Crippen molar-refractivity contribution in [2.45, 2.75) is 38.1 Å². The van der Waals surface area contributed by atoms with E-state index in [4.69, 9.17) is 4.74 Å². The third kappa shape index (κ3) is 3.63. The normalized spacial score (nSPS) is 20.4. The molecular formula is C24H25N7O2. The maximum atomic E-state index is 13.2. The van der Waals surface area contributed by atoms with E-state index in [2.05, 4.69) is 34.8 Å². The van der Waals surface area contributed by atoms with Crippen LogP contribution >= 0.6 is 0 Å². The number of fused-ring (bicyclic) bond motifs is 2. The number of anilines is 1. The Balaban J connectivity index is 1.19. The van der Waals surface area contributed by atoms with Gasteiger partial charge in [0, 0.05) is 35.5 Å². The maximum absolute atomic E-state index is 13.2. The lowest BCUT2D eigenvalue weighted by Crippen LogP contribution is -2.35. The number of rotatable bonds is 6. The molecule has 1 aliphatic heterocycles. The van der Waals surface area contributed by atoms with Crippen LogP contribution in [0, 0.1) is 5.92 Å². The molecule has 2 atom stereocenters. The molecule has 3 aromatic heterocycles. The molecular weight excluding hydrogens is 418 g/mol. The number of aromatic amines is 2. The van der Waals surface area contributed by atoms with Gasteiger partial charge in [-0.25, -0.2) is 19.9 Å². The lowest BCUT2D eigenvalue weighted by Gasteiger charge is -2.28. The zero-order chi connectivity index (χ0) is 22.2. The number of carbonyl (C=O) groups is 1. The first kappa shape index (κ1) is 19.9. The van der Waals surface area contributed by atoms with E-state index in [1.54, 1.807) is 25.2 Å². The van der Waals surface area contributed by atoms with Gasteiger partial charge in [0.05, 0.1) is 18.7 Å². The van der Waals surface area contributed by atoms with E-state index in [1.165, 1.54) is 0 Å².